The summed E-state index contributed by atoms with van der Waals surface area (Å²) in [7, 11) is 0. The Hall–Kier alpha value is -0.730. The van der Waals surface area contributed by atoms with E-state index in [2.05, 4.69) is 5.32 Å². The van der Waals surface area contributed by atoms with Crippen LogP contribution in [0.5, 0.6) is 0 Å². The maximum absolute atomic E-state index is 9.61. The van der Waals surface area contributed by atoms with Crippen molar-refractivity contribution in [1.29, 1.82) is 0 Å². The lowest BCUT2D eigenvalue weighted by Crippen LogP contribution is -2.32. The predicted octanol–water partition coefficient (Wildman–Crippen LogP) is 4.08. The van der Waals surface area contributed by atoms with E-state index in [4.69, 9.17) is 11.6 Å². The Bertz CT molecular complexity index is 361. The monoisotopic (exact) mass is 267 g/mol. The molecule has 2 rings (SSSR count). The zero-order chi connectivity index (χ0) is 12.8. The summed E-state index contributed by atoms with van der Waals surface area (Å²) in [5, 5.41) is 13.8. The molecule has 1 aromatic rings. The molecule has 0 spiro atoms. The average Bonchev–Trinajstić information content (AvgIpc) is 2.65. The van der Waals surface area contributed by atoms with Crippen molar-refractivity contribution in [2.45, 2.75) is 44.6 Å². The molecule has 1 aromatic carbocycles. The first kappa shape index (κ1) is 13.7. The van der Waals surface area contributed by atoms with Gasteiger partial charge in [-0.3, -0.25) is 0 Å². The molecule has 1 fully saturated rings. The van der Waals surface area contributed by atoms with E-state index in [0.717, 1.165) is 10.7 Å². The quantitative estimate of drug-likeness (QED) is 0.806. The Morgan fingerprint density at radius 2 is 1.94 bits per heavy atom. The Morgan fingerprint density at radius 1 is 1.22 bits per heavy atom. The van der Waals surface area contributed by atoms with E-state index in [1.165, 1.54) is 38.5 Å². The summed E-state index contributed by atoms with van der Waals surface area (Å²) in [6.07, 6.45) is 7.70. The van der Waals surface area contributed by atoms with Gasteiger partial charge in [0.05, 0.1) is 12.6 Å². The van der Waals surface area contributed by atoms with E-state index in [0.29, 0.717) is 5.92 Å². The van der Waals surface area contributed by atoms with Crippen LogP contribution in [0.15, 0.2) is 24.3 Å². The van der Waals surface area contributed by atoms with E-state index in [-0.39, 0.29) is 12.6 Å². The Labute approximate surface area is 114 Å². The standard InChI is InChI=1S/C15H22ClNO/c16-13-8-5-9-14(10-13)17-15(11-18)12-6-3-1-2-4-7-12/h5,8-10,12,15,17-18H,1-4,6-7,11H2. The second-order valence-electron chi connectivity index (χ2n) is 5.20. The molecule has 1 aliphatic carbocycles. The maximum atomic E-state index is 9.61. The smallest absolute Gasteiger partial charge is 0.0635 e. The molecule has 18 heavy (non-hydrogen) atoms. The van der Waals surface area contributed by atoms with Crippen LogP contribution in [0.4, 0.5) is 5.69 Å². The second kappa shape index (κ2) is 7.01. The highest BCUT2D eigenvalue weighted by molar-refractivity contribution is 6.30. The SMILES string of the molecule is OCC(Nc1cccc(Cl)c1)C1CCCCCC1. The first-order valence-electron chi connectivity index (χ1n) is 6.92. The first-order chi connectivity index (χ1) is 8.79. The number of nitrogens with one attached hydrogen (secondary N) is 1. The number of rotatable bonds is 4. The van der Waals surface area contributed by atoms with Gasteiger partial charge >= 0.3 is 0 Å². The fourth-order valence-electron chi connectivity index (χ4n) is 2.82. The van der Waals surface area contributed by atoms with Gasteiger partial charge in [-0.1, -0.05) is 43.4 Å². The molecule has 100 valence electrons. The zero-order valence-electron chi connectivity index (χ0n) is 10.7. The largest absolute Gasteiger partial charge is 0.394 e. The van der Waals surface area contributed by atoms with Gasteiger partial charge in [0.1, 0.15) is 0 Å². The fourth-order valence-corrected chi connectivity index (χ4v) is 3.01. The van der Waals surface area contributed by atoms with Crippen LogP contribution < -0.4 is 5.32 Å². The van der Waals surface area contributed by atoms with Crippen molar-refractivity contribution < 1.29 is 5.11 Å². The Morgan fingerprint density at radius 3 is 2.56 bits per heavy atom. The number of halogens is 1. The van der Waals surface area contributed by atoms with E-state index in [9.17, 15) is 5.11 Å². The summed E-state index contributed by atoms with van der Waals surface area (Å²) in [5.74, 6) is 0.580. The van der Waals surface area contributed by atoms with Gasteiger partial charge in [0.25, 0.3) is 0 Å². The normalized spacial score (nSPS) is 19.2. The molecular formula is C15H22ClNO. The number of hydrogen-bond donors (Lipinski definition) is 2. The van der Waals surface area contributed by atoms with Gasteiger partial charge in [-0.05, 0) is 37.0 Å². The first-order valence-corrected chi connectivity index (χ1v) is 7.30. The van der Waals surface area contributed by atoms with Gasteiger partial charge in [-0.15, -0.1) is 0 Å². The summed E-state index contributed by atoms with van der Waals surface area (Å²) < 4.78 is 0. The van der Waals surface area contributed by atoms with Crippen molar-refractivity contribution >= 4 is 17.3 Å². The third kappa shape index (κ3) is 3.89. The second-order valence-corrected chi connectivity index (χ2v) is 5.63. The van der Waals surface area contributed by atoms with Crippen molar-refractivity contribution in [2.75, 3.05) is 11.9 Å². The van der Waals surface area contributed by atoms with Crippen molar-refractivity contribution in [3.63, 3.8) is 0 Å². The topological polar surface area (TPSA) is 32.3 Å². The van der Waals surface area contributed by atoms with Gasteiger partial charge < -0.3 is 10.4 Å². The molecule has 3 heteroatoms. The van der Waals surface area contributed by atoms with Crippen LogP contribution in [0.25, 0.3) is 0 Å². The van der Waals surface area contributed by atoms with E-state index in [1.807, 2.05) is 24.3 Å². The molecule has 1 aliphatic rings. The molecule has 2 nitrogen and oxygen atoms in total. The molecule has 1 saturated carbocycles. The lowest BCUT2D eigenvalue weighted by Gasteiger charge is -2.26. The highest BCUT2D eigenvalue weighted by Crippen LogP contribution is 2.27. The van der Waals surface area contributed by atoms with Crippen molar-refractivity contribution in [3.8, 4) is 0 Å². The number of aliphatic hydroxyl groups is 1. The summed E-state index contributed by atoms with van der Waals surface area (Å²) in [6, 6.07) is 7.88. The molecule has 0 saturated heterocycles. The van der Waals surface area contributed by atoms with Gasteiger partial charge in [-0.2, -0.15) is 0 Å². The molecule has 0 heterocycles. The number of anilines is 1. The molecule has 0 aliphatic heterocycles. The molecule has 0 amide bonds. The third-order valence-corrected chi connectivity index (χ3v) is 4.08. The number of hydrogen-bond acceptors (Lipinski definition) is 2. The highest BCUT2D eigenvalue weighted by atomic mass is 35.5. The van der Waals surface area contributed by atoms with Crippen LogP contribution in [-0.4, -0.2) is 17.8 Å². The van der Waals surface area contributed by atoms with Crippen LogP contribution in [0, 0.1) is 5.92 Å². The number of aliphatic hydroxyl groups excluding tert-OH is 1. The summed E-state index contributed by atoms with van der Waals surface area (Å²) in [6.45, 7) is 0.192. The molecular weight excluding hydrogens is 246 g/mol. The summed E-state index contributed by atoms with van der Waals surface area (Å²) >= 11 is 5.98. The molecule has 2 N–H and O–H groups in total. The minimum absolute atomic E-state index is 0.154. The lowest BCUT2D eigenvalue weighted by atomic mass is 9.92. The van der Waals surface area contributed by atoms with Gasteiger partial charge in [0.15, 0.2) is 0 Å². The lowest BCUT2D eigenvalue weighted by molar-refractivity contribution is 0.227. The minimum Gasteiger partial charge on any atom is -0.394 e. The van der Waals surface area contributed by atoms with E-state index < -0.39 is 0 Å². The van der Waals surface area contributed by atoms with Crippen molar-refractivity contribution in [3.05, 3.63) is 29.3 Å². The van der Waals surface area contributed by atoms with Crippen LogP contribution in [-0.2, 0) is 0 Å². The number of benzene rings is 1. The molecule has 0 radical (unpaired) electrons. The van der Waals surface area contributed by atoms with Gasteiger partial charge in [-0.25, -0.2) is 0 Å². The van der Waals surface area contributed by atoms with Crippen molar-refractivity contribution in [2.24, 2.45) is 5.92 Å². The molecule has 0 bridgehead atoms. The van der Waals surface area contributed by atoms with E-state index in [1.54, 1.807) is 0 Å². The van der Waals surface area contributed by atoms with Crippen molar-refractivity contribution in [1.82, 2.24) is 0 Å². The fraction of sp³-hybridized carbons (Fsp3) is 0.600. The summed E-state index contributed by atoms with van der Waals surface area (Å²) in [5.41, 5.74) is 1.01. The van der Waals surface area contributed by atoms with E-state index >= 15 is 0 Å². The van der Waals surface area contributed by atoms with Gasteiger partial charge in [0, 0.05) is 10.7 Å². The molecule has 1 atom stereocenters. The third-order valence-electron chi connectivity index (χ3n) is 3.84. The average molecular weight is 268 g/mol. The van der Waals surface area contributed by atoms with Crippen LogP contribution in [0.3, 0.4) is 0 Å². The highest BCUT2D eigenvalue weighted by Gasteiger charge is 2.21. The minimum atomic E-state index is 0.154. The Balaban J connectivity index is 1.99. The molecule has 1 unspecified atom stereocenters. The van der Waals surface area contributed by atoms with Crippen LogP contribution in [0.1, 0.15) is 38.5 Å². The predicted molar refractivity (Wildman–Crippen MR) is 77.1 cm³/mol. The zero-order valence-corrected chi connectivity index (χ0v) is 11.5. The molecule has 0 aromatic heterocycles. The Kier molecular flexibility index (Phi) is 5.33. The summed E-state index contributed by atoms with van der Waals surface area (Å²) in [4.78, 5) is 0. The van der Waals surface area contributed by atoms with Crippen LogP contribution >= 0.6 is 11.6 Å². The van der Waals surface area contributed by atoms with Crippen LogP contribution in [0.2, 0.25) is 5.02 Å². The van der Waals surface area contributed by atoms with Gasteiger partial charge in [0.2, 0.25) is 0 Å². The maximum Gasteiger partial charge on any atom is 0.0635 e.